The van der Waals surface area contributed by atoms with E-state index in [-0.39, 0.29) is 5.91 Å². The van der Waals surface area contributed by atoms with Crippen LogP contribution in [0.3, 0.4) is 0 Å². The zero-order valence-corrected chi connectivity index (χ0v) is 9.92. The fourth-order valence-corrected chi connectivity index (χ4v) is 2.07. The van der Waals surface area contributed by atoms with Gasteiger partial charge in [0.2, 0.25) is 5.91 Å². The predicted molar refractivity (Wildman–Crippen MR) is 58.6 cm³/mol. The minimum absolute atomic E-state index is 0.0342. The summed E-state index contributed by atoms with van der Waals surface area (Å²) in [7, 11) is 3.94. The Morgan fingerprint density at radius 2 is 2.29 bits per heavy atom. The number of alkyl halides is 1. The summed E-state index contributed by atoms with van der Waals surface area (Å²) >= 11 is 5.77. The maximum absolute atomic E-state index is 11.6. The minimum Gasteiger partial charge on any atom is -0.340 e. The largest absolute Gasteiger partial charge is 0.340 e. The van der Waals surface area contributed by atoms with E-state index in [9.17, 15) is 4.79 Å². The summed E-state index contributed by atoms with van der Waals surface area (Å²) in [6, 6.07) is 0.336. The van der Waals surface area contributed by atoms with Crippen LogP contribution in [0.15, 0.2) is 0 Å². The molecule has 3 nitrogen and oxygen atoms in total. The summed E-state index contributed by atoms with van der Waals surface area (Å²) in [4.78, 5) is 15.7. The van der Waals surface area contributed by atoms with Gasteiger partial charge in [-0.25, -0.2) is 0 Å². The quantitative estimate of drug-likeness (QED) is 0.650. The maximum atomic E-state index is 11.6. The molecule has 1 heterocycles. The molecule has 1 amide bonds. The first-order chi connectivity index (χ1) is 6.52. The molecule has 1 rings (SSSR count). The van der Waals surface area contributed by atoms with E-state index in [4.69, 9.17) is 11.6 Å². The summed E-state index contributed by atoms with van der Waals surface area (Å²) in [5, 5.41) is -0.410. The van der Waals surface area contributed by atoms with Gasteiger partial charge in [0.15, 0.2) is 0 Å². The second kappa shape index (κ2) is 4.99. The monoisotopic (exact) mass is 218 g/mol. The molecule has 0 spiro atoms. The number of rotatable bonds is 2. The Morgan fingerprint density at radius 3 is 2.79 bits per heavy atom. The number of likely N-dealkylation sites (tertiary alicyclic amines) is 1. The van der Waals surface area contributed by atoms with E-state index in [0.29, 0.717) is 6.04 Å². The molecule has 2 atom stereocenters. The van der Waals surface area contributed by atoms with Gasteiger partial charge in [0.1, 0.15) is 5.38 Å². The van der Waals surface area contributed by atoms with Gasteiger partial charge in [0.25, 0.3) is 0 Å². The molecule has 1 fully saturated rings. The lowest BCUT2D eigenvalue weighted by Crippen LogP contribution is -2.48. The summed E-state index contributed by atoms with van der Waals surface area (Å²) in [6.45, 7) is 3.83. The normalized spacial score (nSPS) is 25.9. The number of hydrogen-bond donors (Lipinski definition) is 0. The van der Waals surface area contributed by atoms with E-state index in [1.54, 1.807) is 11.8 Å². The molecule has 14 heavy (non-hydrogen) atoms. The molecule has 0 radical (unpaired) electrons. The third-order valence-corrected chi connectivity index (χ3v) is 3.02. The van der Waals surface area contributed by atoms with Crippen LogP contribution >= 0.6 is 11.6 Å². The fraction of sp³-hybridized carbons (Fsp3) is 0.900. The third kappa shape index (κ3) is 2.85. The first-order valence-electron chi connectivity index (χ1n) is 5.11. The average molecular weight is 219 g/mol. The van der Waals surface area contributed by atoms with Crippen LogP contribution in [0.5, 0.6) is 0 Å². The van der Waals surface area contributed by atoms with E-state index < -0.39 is 5.38 Å². The standard InChI is InChI=1S/C10H19ClN2O/c1-8(11)10(14)13(3)9-5-4-6-12(2)7-9/h8-9H,4-7H2,1-3H3. The van der Waals surface area contributed by atoms with Gasteiger partial charge in [-0.15, -0.1) is 11.6 Å². The molecule has 2 unspecified atom stereocenters. The highest BCUT2D eigenvalue weighted by Crippen LogP contribution is 2.15. The number of carbonyl (C=O) groups excluding carboxylic acids is 1. The second-order valence-electron chi connectivity index (χ2n) is 4.12. The number of carbonyl (C=O) groups is 1. The molecular weight excluding hydrogens is 200 g/mol. The highest BCUT2D eigenvalue weighted by atomic mass is 35.5. The molecule has 1 aliphatic rings. The molecule has 4 heteroatoms. The number of amides is 1. The minimum atomic E-state index is -0.410. The zero-order chi connectivity index (χ0) is 10.7. The Bertz CT molecular complexity index is 208. The average Bonchev–Trinajstić information content (AvgIpc) is 2.15. The van der Waals surface area contributed by atoms with Gasteiger partial charge < -0.3 is 9.80 Å². The van der Waals surface area contributed by atoms with Crippen LogP contribution in [0.25, 0.3) is 0 Å². The van der Waals surface area contributed by atoms with Gasteiger partial charge in [-0.05, 0) is 33.4 Å². The molecule has 0 saturated carbocycles. The van der Waals surface area contributed by atoms with Crippen LogP contribution in [0.2, 0.25) is 0 Å². The van der Waals surface area contributed by atoms with Crippen LogP contribution in [0.1, 0.15) is 19.8 Å². The van der Waals surface area contributed by atoms with Crippen LogP contribution in [-0.4, -0.2) is 54.3 Å². The second-order valence-corrected chi connectivity index (χ2v) is 4.78. The van der Waals surface area contributed by atoms with E-state index in [1.165, 1.54) is 0 Å². The summed E-state index contributed by atoms with van der Waals surface area (Å²) < 4.78 is 0. The summed E-state index contributed by atoms with van der Waals surface area (Å²) in [6.07, 6.45) is 2.26. The molecular formula is C10H19ClN2O. The molecule has 0 N–H and O–H groups in total. The van der Waals surface area contributed by atoms with Gasteiger partial charge in [-0.2, -0.15) is 0 Å². The van der Waals surface area contributed by atoms with Crippen LogP contribution in [0.4, 0.5) is 0 Å². The highest BCUT2D eigenvalue weighted by molar-refractivity contribution is 6.30. The van der Waals surface area contributed by atoms with Crippen LogP contribution < -0.4 is 0 Å². The van der Waals surface area contributed by atoms with Crippen LogP contribution in [0, 0.1) is 0 Å². The SMILES string of the molecule is CC(Cl)C(=O)N(C)C1CCCN(C)C1. The number of hydrogen-bond acceptors (Lipinski definition) is 2. The Morgan fingerprint density at radius 1 is 1.64 bits per heavy atom. The van der Waals surface area contributed by atoms with Crippen molar-refractivity contribution in [3.63, 3.8) is 0 Å². The van der Waals surface area contributed by atoms with Crippen molar-refractivity contribution in [2.24, 2.45) is 0 Å². The molecule has 1 aliphatic heterocycles. The van der Waals surface area contributed by atoms with Crippen molar-refractivity contribution < 1.29 is 4.79 Å². The van der Waals surface area contributed by atoms with Gasteiger partial charge in [-0.1, -0.05) is 0 Å². The summed E-state index contributed by atoms with van der Waals surface area (Å²) in [5.41, 5.74) is 0. The fourth-order valence-electron chi connectivity index (χ4n) is 1.92. The van der Waals surface area contributed by atoms with Gasteiger partial charge in [0.05, 0.1) is 0 Å². The Labute approximate surface area is 91.0 Å². The first kappa shape index (κ1) is 11.8. The smallest absolute Gasteiger partial charge is 0.240 e. The lowest BCUT2D eigenvalue weighted by Gasteiger charge is -2.36. The highest BCUT2D eigenvalue weighted by Gasteiger charge is 2.26. The zero-order valence-electron chi connectivity index (χ0n) is 9.16. The molecule has 0 aliphatic carbocycles. The molecule has 82 valence electrons. The topological polar surface area (TPSA) is 23.6 Å². The van der Waals surface area contributed by atoms with E-state index in [0.717, 1.165) is 25.9 Å². The molecule has 0 aromatic heterocycles. The van der Waals surface area contributed by atoms with Crippen molar-refractivity contribution in [2.45, 2.75) is 31.2 Å². The van der Waals surface area contributed by atoms with Crippen molar-refractivity contribution in [1.82, 2.24) is 9.80 Å². The first-order valence-corrected chi connectivity index (χ1v) is 5.55. The number of piperidine rings is 1. The van der Waals surface area contributed by atoms with Crippen molar-refractivity contribution in [2.75, 3.05) is 27.2 Å². The Balaban J connectivity index is 2.51. The summed E-state index contributed by atoms with van der Waals surface area (Å²) in [5.74, 6) is 0.0342. The van der Waals surface area contributed by atoms with Crippen LogP contribution in [-0.2, 0) is 4.79 Å². The van der Waals surface area contributed by atoms with Crippen molar-refractivity contribution >= 4 is 17.5 Å². The molecule has 1 saturated heterocycles. The van der Waals surface area contributed by atoms with E-state index in [1.807, 2.05) is 7.05 Å². The molecule has 0 aromatic carbocycles. The Hall–Kier alpha value is -0.280. The third-order valence-electron chi connectivity index (χ3n) is 2.84. The van der Waals surface area contributed by atoms with Gasteiger partial charge >= 0.3 is 0 Å². The van der Waals surface area contributed by atoms with Gasteiger partial charge in [0, 0.05) is 19.6 Å². The van der Waals surface area contributed by atoms with Gasteiger partial charge in [-0.3, -0.25) is 4.79 Å². The number of likely N-dealkylation sites (N-methyl/N-ethyl adjacent to an activating group) is 2. The maximum Gasteiger partial charge on any atom is 0.240 e. The lowest BCUT2D eigenvalue weighted by molar-refractivity contribution is -0.132. The lowest BCUT2D eigenvalue weighted by atomic mass is 10.0. The predicted octanol–water partition coefficient (Wildman–Crippen LogP) is 1.17. The van der Waals surface area contributed by atoms with Crippen molar-refractivity contribution in [3.8, 4) is 0 Å². The van der Waals surface area contributed by atoms with E-state index >= 15 is 0 Å². The molecule has 0 aromatic rings. The Kier molecular flexibility index (Phi) is 4.20. The number of nitrogens with zero attached hydrogens (tertiary/aromatic N) is 2. The van der Waals surface area contributed by atoms with E-state index in [2.05, 4.69) is 11.9 Å². The number of halogens is 1. The molecule has 0 bridgehead atoms. The van der Waals surface area contributed by atoms with Crippen molar-refractivity contribution in [3.05, 3.63) is 0 Å². The van der Waals surface area contributed by atoms with Crippen molar-refractivity contribution in [1.29, 1.82) is 0 Å².